The Kier molecular flexibility index (Phi) is 3.00. The van der Waals surface area contributed by atoms with Crippen LogP contribution in [0.5, 0.6) is 0 Å². The van der Waals surface area contributed by atoms with E-state index < -0.39 is 5.97 Å². The van der Waals surface area contributed by atoms with Gasteiger partial charge in [0.25, 0.3) is 0 Å². The SMILES string of the molecule is NCC1CCCN1c1cnc(C(=O)O)cn1. The molecule has 1 aliphatic heterocycles. The summed E-state index contributed by atoms with van der Waals surface area (Å²) >= 11 is 0. The van der Waals surface area contributed by atoms with Crippen molar-refractivity contribution in [3.8, 4) is 0 Å². The smallest absolute Gasteiger partial charge is 0.356 e. The molecule has 1 aliphatic rings. The van der Waals surface area contributed by atoms with Gasteiger partial charge < -0.3 is 15.7 Å². The highest BCUT2D eigenvalue weighted by molar-refractivity contribution is 5.84. The molecular weight excluding hydrogens is 208 g/mol. The first kappa shape index (κ1) is 10.8. The number of nitrogens with zero attached hydrogens (tertiary/aromatic N) is 3. The molecule has 1 atom stereocenters. The van der Waals surface area contributed by atoms with Gasteiger partial charge in [-0.1, -0.05) is 0 Å². The zero-order chi connectivity index (χ0) is 11.5. The summed E-state index contributed by atoms with van der Waals surface area (Å²) in [5, 5.41) is 8.70. The molecular formula is C10H14N4O2. The second-order valence-corrected chi connectivity index (χ2v) is 3.79. The Morgan fingerprint density at radius 3 is 2.94 bits per heavy atom. The monoisotopic (exact) mass is 222 g/mol. The third-order valence-corrected chi connectivity index (χ3v) is 2.80. The number of hydrogen-bond donors (Lipinski definition) is 2. The second kappa shape index (κ2) is 4.44. The first-order valence-electron chi connectivity index (χ1n) is 5.24. The molecule has 2 rings (SSSR count). The molecule has 0 aliphatic carbocycles. The number of carboxylic acids is 1. The second-order valence-electron chi connectivity index (χ2n) is 3.79. The van der Waals surface area contributed by atoms with Gasteiger partial charge in [-0.2, -0.15) is 0 Å². The summed E-state index contributed by atoms with van der Waals surface area (Å²) in [7, 11) is 0. The van der Waals surface area contributed by atoms with E-state index in [4.69, 9.17) is 10.8 Å². The van der Waals surface area contributed by atoms with Gasteiger partial charge in [0.15, 0.2) is 5.69 Å². The molecule has 0 aromatic carbocycles. The summed E-state index contributed by atoms with van der Waals surface area (Å²) < 4.78 is 0. The highest BCUT2D eigenvalue weighted by Crippen LogP contribution is 2.22. The molecule has 16 heavy (non-hydrogen) atoms. The molecule has 1 aromatic heterocycles. The quantitative estimate of drug-likeness (QED) is 0.753. The molecule has 1 fully saturated rings. The van der Waals surface area contributed by atoms with Crippen molar-refractivity contribution >= 4 is 11.8 Å². The van der Waals surface area contributed by atoms with Crippen molar-refractivity contribution in [1.82, 2.24) is 9.97 Å². The minimum atomic E-state index is -1.06. The molecule has 6 heteroatoms. The van der Waals surface area contributed by atoms with E-state index in [0.717, 1.165) is 19.4 Å². The van der Waals surface area contributed by atoms with Gasteiger partial charge in [-0.25, -0.2) is 14.8 Å². The van der Waals surface area contributed by atoms with Gasteiger partial charge in [0.2, 0.25) is 0 Å². The molecule has 0 radical (unpaired) electrons. The zero-order valence-electron chi connectivity index (χ0n) is 8.83. The van der Waals surface area contributed by atoms with E-state index >= 15 is 0 Å². The van der Waals surface area contributed by atoms with Crippen molar-refractivity contribution in [2.24, 2.45) is 5.73 Å². The fourth-order valence-corrected chi connectivity index (χ4v) is 1.96. The molecule has 6 nitrogen and oxygen atoms in total. The summed E-state index contributed by atoms with van der Waals surface area (Å²) in [6, 6.07) is 0.296. The van der Waals surface area contributed by atoms with Gasteiger partial charge in [-0.05, 0) is 12.8 Å². The third-order valence-electron chi connectivity index (χ3n) is 2.80. The summed E-state index contributed by atoms with van der Waals surface area (Å²) in [6.45, 7) is 1.49. The molecule has 1 unspecified atom stereocenters. The predicted molar refractivity (Wildman–Crippen MR) is 58.4 cm³/mol. The Labute approximate surface area is 93.1 Å². The normalized spacial score (nSPS) is 20.1. The highest BCUT2D eigenvalue weighted by atomic mass is 16.4. The van der Waals surface area contributed by atoms with Crippen LogP contribution in [-0.4, -0.2) is 40.2 Å². The molecule has 0 spiro atoms. The zero-order valence-corrected chi connectivity index (χ0v) is 8.83. The van der Waals surface area contributed by atoms with Gasteiger partial charge in [-0.15, -0.1) is 0 Å². The highest BCUT2D eigenvalue weighted by Gasteiger charge is 2.24. The van der Waals surface area contributed by atoms with E-state index in [-0.39, 0.29) is 5.69 Å². The first-order chi connectivity index (χ1) is 7.72. The van der Waals surface area contributed by atoms with E-state index in [0.29, 0.717) is 18.4 Å². The molecule has 1 saturated heterocycles. The number of rotatable bonds is 3. The van der Waals surface area contributed by atoms with Gasteiger partial charge in [-0.3, -0.25) is 0 Å². The molecule has 0 amide bonds. The Morgan fingerprint density at radius 1 is 1.56 bits per heavy atom. The minimum Gasteiger partial charge on any atom is -0.476 e. The Hall–Kier alpha value is -1.69. The topological polar surface area (TPSA) is 92.3 Å². The summed E-state index contributed by atoms with van der Waals surface area (Å²) in [6.07, 6.45) is 4.92. The number of anilines is 1. The average Bonchev–Trinajstić information content (AvgIpc) is 2.77. The Balaban J connectivity index is 2.18. The van der Waals surface area contributed by atoms with Crippen molar-refractivity contribution < 1.29 is 9.90 Å². The van der Waals surface area contributed by atoms with Crippen molar-refractivity contribution in [2.75, 3.05) is 18.0 Å². The molecule has 0 saturated carbocycles. The molecule has 86 valence electrons. The van der Waals surface area contributed by atoms with Crippen molar-refractivity contribution in [2.45, 2.75) is 18.9 Å². The van der Waals surface area contributed by atoms with Crippen LogP contribution in [0.2, 0.25) is 0 Å². The van der Waals surface area contributed by atoms with Crippen molar-refractivity contribution in [3.05, 3.63) is 18.1 Å². The number of nitrogens with two attached hydrogens (primary N) is 1. The lowest BCUT2D eigenvalue weighted by Gasteiger charge is -2.23. The molecule has 0 bridgehead atoms. The van der Waals surface area contributed by atoms with Crippen LogP contribution >= 0.6 is 0 Å². The van der Waals surface area contributed by atoms with E-state index in [9.17, 15) is 4.79 Å². The van der Waals surface area contributed by atoms with E-state index in [1.54, 1.807) is 0 Å². The molecule has 1 aromatic rings. The van der Waals surface area contributed by atoms with E-state index in [1.807, 2.05) is 0 Å². The summed E-state index contributed by atoms with van der Waals surface area (Å²) in [4.78, 5) is 20.7. The van der Waals surface area contributed by atoms with Gasteiger partial charge in [0, 0.05) is 19.1 Å². The number of aromatic carboxylic acids is 1. The predicted octanol–water partition coefficient (Wildman–Crippen LogP) is 0.102. The molecule has 2 heterocycles. The van der Waals surface area contributed by atoms with Crippen molar-refractivity contribution in [1.29, 1.82) is 0 Å². The molecule has 3 N–H and O–H groups in total. The summed E-state index contributed by atoms with van der Waals surface area (Å²) in [5.74, 6) is -0.353. The van der Waals surface area contributed by atoms with Gasteiger partial charge >= 0.3 is 5.97 Å². The largest absolute Gasteiger partial charge is 0.476 e. The van der Waals surface area contributed by atoms with E-state index in [2.05, 4.69) is 14.9 Å². The maximum absolute atomic E-state index is 10.6. The average molecular weight is 222 g/mol. The maximum atomic E-state index is 10.6. The number of carbonyl (C=O) groups is 1. The standard InChI is InChI=1S/C10H14N4O2/c11-4-7-2-1-3-14(7)9-6-12-8(5-13-9)10(15)16/h5-7H,1-4,11H2,(H,15,16). The summed E-state index contributed by atoms with van der Waals surface area (Å²) in [5.41, 5.74) is 5.62. The Morgan fingerprint density at radius 2 is 2.38 bits per heavy atom. The van der Waals surface area contributed by atoms with Gasteiger partial charge in [0.05, 0.1) is 12.4 Å². The van der Waals surface area contributed by atoms with Crippen LogP contribution in [0, 0.1) is 0 Å². The van der Waals surface area contributed by atoms with E-state index in [1.165, 1.54) is 12.4 Å². The van der Waals surface area contributed by atoms with Crippen LogP contribution in [0.3, 0.4) is 0 Å². The first-order valence-corrected chi connectivity index (χ1v) is 5.24. The lowest BCUT2D eigenvalue weighted by atomic mass is 10.2. The fourth-order valence-electron chi connectivity index (χ4n) is 1.96. The van der Waals surface area contributed by atoms with Crippen molar-refractivity contribution in [3.63, 3.8) is 0 Å². The number of hydrogen-bond acceptors (Lipinski definition) is 5. The van der Waals surface area contributed by atoms with Crippen LogP contribution < -0.4 is 10.6 Å². The lowest BCUT2D eigenvalue weighted by molar-refractivity contribution is 0.0690. The van der Waals surface area contributed by atoms with Crippen LogP contribution in [0.1, 0.15) is 23.3 Å². The fraction of sp³-hybridized carbons (Fsp3) is 0.500. The third kappa shape index (κ3) is 1.96. The van der Waals surface area contributed by atoms with Gasteiger partial charge in [0.1, 0.15) is 5.82 Å². The van der Waals surface area contributed by atoms with Crippen LogP contribution in [-0.2, 0) is 0 Å². The van der Waals surface area contributed by atoms with Crippen LogP contribution in [0.15, 0.2) is 12.4 Å². The minimum absolute atomic E-state index is 0.0350. The lowest BCUT2D eigenvalue weighted by Crippen LogP contribution is -2.36. The number of carboxylic acid groups (broad SMARTS) is 1. The van der Waals surface area contributed by atoms with Crippen LogP contribution in [0.25, 0.3) is 0 Å². The maximum Gasteiger partial charge on any atom is 0.356 e. The Bertz CT molecular complexity index is 379. The number of aromatic nitrogens is 2. The van der Waals surface area contributed by atoms with Crippen LogP contribution in [0.4, 0.5) is 5.82 Å².